The second-order valence-electron chi connectivity index (χ2n) is 11.0. The maximum absolute atomic E-state index is 9.79. The van der Waals surface area contributed by atoms with Gasteiger partial charge in [-0.15, -0.1) is 5.10 Å². The molecule has 0 bridgehead atoms. The predicted molar refractivity (Wildman–Crippen MR) is 144 cm³/mol. The number of rotatable bonds is 7. The van der Waals surface area contributed by atoms with Gasteiger partial charge in [0.2, 0.25) is 0 Å². The Kier molecular flexibility index (Phi) is 6.44. The molecule has 2 aromatic heterocycles. The van der Waals surface area contributed by atoms with Crippen molar-refractivity contribution in [1.82, 2.24) is 20.0 Å². The molecular weight excluding hydrogens is 468 g/mol. The van der Waals surface area contributed by atoms with Crippen LogP contribution in [0.15, 0.2) is 48.8 Å². The van der Waals surface area contributed by atoms with E-state index in [1.165, 1.54) is 11.1 Å². The molecule has 6 nitrogen and oxygen atoms in total. The fourth-order valence-electron chi connectivity index (χ4n) is 4.62. The van der Waals surface area contributed by atoms with Gasteiger partial charge in [0, 0.05) is 30.2 Å². The highest BCUT2D eigenvalue weighted by atomic mass is 35.5. The van der Waals surface area contributed by atoms with E-state index in [1.54, 1.807) is 6.20 Å². The molecule has 5 rings (SSSR count). The second-order valence-corrected chi connectivity index (χ2v) is 11.4. The molecule has 1 aliphatic carbocycles. The van der Waals surface area contributed by atoms with Gasteiger partial charge in [0.1, 0.15) is 6.07 Å². The van der Waals surface area contributed by atoms with Crippen molar-refractivity contribution < 1.29 is 0 Å². The highest BCUT2D eigenvalue weighted by molar-refractivity contribution is 6.35. The zero-order chi connectivity index (χ0) is 25.4. The van der Waals surface area contributed by atoms with Crippen molar-refractivity contribution in [2.24, 2.45) is 5.41 Å². The van der Waals surface area contributed by atoms with Crippen molar-refractivity contribution >= 4 is 28.2 Å². The van der Waals surface area contributed by atoms with Crippen LogP contribution in [0.4, 0.5) is 5.69 Å². The van der Waals surface area contributed by atoms with Gasteiger partial charge in [0.25, 0.3) is 0 Å². The van der Waals surface area contributed by atoms with E-state index in [-0.39, 0.29) is 11.3 Å². The first-order valence-corrected chi connectivity index (χ1v) is 12.8. The standard InChI is InChI=1S/C29H31ClN6/c1-18-7-5-6-8-22(18)23(26-16-36(35-34-26)21-9-10-21)11-19-12-24-27(33-17-29(2,3)4)20(14-31)15-32-28(24)25(30)13-19/h5-8,12-13,15-16,21,23H,9-11,17H2,1-4H3,(H,32,33)/t23-/m0/s1. The van der Waals surface area contributed by atoms with Gasteiger partial charge in [-0.3, -0.25) is 4.98 Å². The Bertz CT molecular complexity index is 1460. The summed E-state index contributed by atoms with van der Waals surface area (Å²) in [5.74, 6) is 0.0327. The van der Waals surface area contributed by atoms with Crippen LogP contribution in [0, 0.1) is 23.7 Å². The number of hydrogen-bond acceptors (Lipinski definition) is 5. The molecule has 36 heavy (non-hydrogen) atoms. The number of aryl methyl sites for hydroxylation is 1. The number of anilines is 1. The van der Waals surface area contributed by atoms with Gasteiger partial charge in [-0.2, -0.15) is 5.26 Å². The second kappa shape index (κ2) is 9.55. The summed E-state index contributed by atoms with van der Waals surface area (Å²) in [4.78, 5) is 4.52. The third-order valence-electron chi connectivity index (χ3n) is 6.71. The molecule has 7 heteroatoms. The first-order chi connectivity index (χ1) is 17.2. The molecule has 0 saturated heterocycles. The number of halogens is 1. The van der Waals surface area contributed by atoms with Crippen molar-refractivity contribution in [3.63, 3.8) is 0 Å². The van der Waals surface area contributed by atoms with Gasteiger partial charge >= 0.3 is 0 Å². The fourth-order valence-corrected chi connectivity index (χ4v) is 4.91. The molecule has 184 valence electrons. The maximum atomic E-state index is 9.79. The maximum Gasteiger partial charge on any atom is 0.103 e. The minimum absolute atomic E-state index is 0.0327. The average molecular weight is 499 g/mol. The topological polar surface area (TPSA) is 79.4 Å². The van der Waals surface area contributed by atoms with Crippen molar-refractivity contribution in [3.8, 4) is 6.07 Å². The van der Waals surface area contributed by atoms with Crippen LogP contribution in [-0.2, 0) is 6.42 Å². The lowest BCUT2D eigenvalue weighted by Gasteiger charge is -2.22. The normalized spacial score (nSPS) is 14.6. The third-order valence-corrected chi connectivity index (χ3v) is 7.00. The van der Waals surface area contributed by atoms with Crippen molar-refractivity contribution in [2.45, 2.75) is 58.9 Å². The van der Waals surface area contributed by atoms with Gasteiger partial charge < -0.3 is 5.32 Å². The SMILES string of the molecule is Cc1ccccc1[C@H](Cc1cc(Cl)c2ncc(C#N)c(NCC(C)(C)C)c2c1)c1cn(C2CC2)nn1. The molecule has 0 spiro atoms. The van der Waals surface area contributed by atoms with Crippen LogP contribution < -0.4 is 5.32 Å². The molecule has 1 aliphatic rings. The molecule has 2 heterocycles. The Morgan fingerprint density at radius 1 is 1.22 bits per heavy atom. The highest BCUT2D eigenvalue weighted by Crippen LogP contribution is 2.38. The highest BCUT2D eigenvalue weighted by Gasteiger charge is 2.27. The average Bonchev–Trinajstić information content (AvgIpc) is 3.57. The van der Waals surface area contributed by atoms with Gasteiger partial charge in [-0.05, 0) is 60.4 Å². The van der Waals surface area contributed by atoms with Crippen LogP contribution in [0.3, 0.4) is 0 Å². The number of nitrogens with zero attached hydrogens (tertiary/aromatic N) is 5. The molecule has 2 aromatic carbocycles. The Morgan fingerprint density at radius 3 is 2.69 bits per heavy atom. The van der Waals surface area contributed by atoms with Crippen LogP contribution >= 0.6 is 11.6 Å². The van der Waals surface area contributed by atoms with Gasteiger partial charge in [0.15, 0.2) is 0 Å². The van der Waals surface area contributed by atoms with Crippen LogP contribution in [0.25, 0.3) is 10.9 Å². The van der Waals surface area contributed by atoms with Crippen molar-refractivity contribution in [1.29, 1.82) is 5.26 Å². The lowest BCUT2D eigenvalue weighted by atomic mass is 9.86. The number of nitrogens with one attached hydrogen (secondary N) is 1. The lowest BCUT2D eigenvalue weighted by molar-refractivity contribution is 0.443. The van der Waals surface area contributed by atoms with Crippen molar-refractivity contribution in [2.75, 3.05) is 11.9 Å². The zero-order valence-electron chi connectivity index (χ0n) is 21.2. The van der Waals surface area contributed by atoms with Crippen LogP contribution in [0.5, 0.6) is 0 Å². The summed E-state index contributed by atoms with van der Waals surface area (Å²) in [6.45, 7) is 9.34. The van der Waals surface area contributed by atoms with Gasteiger partial charge in [-0.1, -0.05) is 61.9 Å². The van der Waals surface area contributed by atoms with E-state index in [1.807, 2.05) is 10.7 Å². The Morgan fingerprint density at radius 2 is 2.00 bits per heavy atom. The summed E-state index contributed by atoms with van der Waals surface area (Å²) in [6, 6.07) is 15.3. The van der Waals surface area contributed by atoms with E-state index in [2.05, 4.69) is 90.9 Å². The van der Waals surface area contributed by atoms with E-state index in [9.17, 15) is 5.26 Å². The van der Waals surface area contributed by atoms with E-state index in [0.29, 0.717) is 28.6 Å². The monoisotopic (exact) mass is 498 g/mol. The number of benzene rings is 2. The molecular formula is C29H31ClN6. The van der Waals surface area contributed by atoms with E-state index < -0.39 is 0 Å². The smallest absolute Gasteiger partial charge is 0.103 e. The molecule has 1 fully saturated rings. The minimum atomic E-state index is 0.0327. The molecule has 1 N–H and O–H groups in total. The third kappa shape index (κ3) is 5.08. The molecule has 0 aliphatic heterocycles. The molecule has 1 saturated carbocycles. The summed E-state index contributed by atoms with van der Waals surface area (Å²) in [5.41, 5.74) is 6.52. The number of fused-ring (bicyclic) bond motifs is 1. The summed E-state index contributed by atoms with van der Waals surface area (Å²) < 4.78 is 2.01. The number of nitriles is 1. The van der Waals surface area contributed by atoms with Crippen LogP contribution in [-0.4, -0.2) is 26.5 Å². The minimum Gasteiger partial charge on any atom is -0.383 e. The van der Waals surface area contributed by atoms with E-state index >= 15 is 0 Å². The molecule has 4 aromatic rings. The summed E-state index contributed by atoms with van der Waals surface area (Å²) in [5, 5.41) is 23.8. The Hall–Kier alpha value is -3.43. The first kappa shape index (κ1) is 24.3. The number of hydrogen-bond donors (Lipinski definition) is 1. The number of pyridine rings is 1. The fraction of sp³-hybridized carbons (Fsp3) is 0.379. The summed E-state index contributed by atoms with van der Waals surface area (Å²) in [7, 11) is 0. The quantitative estimate of drug-likeness (QED) is 0.302. The van der Waals surface area contributed by atoms with Gasteiger partial charge in [-0.25, -0.2) is 4.68 Å². The summed E-state index contributed by atoms with van der Waals surface area (Å²) >= 11 is 6.78. The Balaban J connectivity index is 1.59. The molecule has 1 atom stereocenters. The van der Waals surface area contributed by atoms with E-state index in [4.69, 9.17) is 11.6 Å². The molecule has 0 amide bonds. The Labute approximate surface area is 217 Å². The van der Waals surface area contributed by atoms with Gasteiger partial charge in [0.05, 0.1) is 33.5 Å². The van der Waals surface area contributed by atoms with Crippen LogP contribution in [0.2, 0.25) is 5.02 Å². The number of aromatic nitrogens is 4. The van der Waals surface area contributed by atoms with E-state index in [0.717, 1.165) is 41.7 Å². The van der Waals surface area contributed by atoms with Crippen molar-refractivity contribution in [3.05, 3.63) is 81.8 Å². The zero-order valence-corrected chi connectivity index (χ0v) is 22.0. The summed E-state index contributed by atoms with van der Waals surface area (Å²) in [6.07, 6.45) is 6.74. The predicted octanol–water partition coefficient (Wildman–Crippen LogP) is 6.83. The largest absolute Gasteiger partial charge is 0.383 e. The lowest BCUT2D eigenvalue weighted by Crippen LogP contribution is -2.19. The van der Waals surface area contributed by atoms with Crippen LogP contribution in [0.1, 0.15) is 73.5 Å². The first-order valence-electron chi connectivity index (χ1n) is 12.5. The molecule has 0 unspecified atom stereocenters. The molecule has 0 radical (unpaired) electrons.